The second-order valence-electron chi connectivity index (χ2n) is 9.45. The first kappa shape index (κ1) is 22.9. The number of nitrogens with one attached hydrogen (secondary N) is 1. The van der Waals surface area contributed by atoms with Crippen LogP contribution in [0, 0.1) is 5.92 Å². The van der Waals surface area contributed by atoms with Gasteiger partial charge in [0, 0.05) is 25.7 Å². The van der Waals surface area contributed by atoms with Crippen molar-refractivity contribution in [2.24, 2.45) is 5.92 Å². The summed E-state index contributed by atoms with van der Waals surface area (Å²) in [7, 11) is 4.08. The Bertz CT molecular complexity index is 498. The van der Waals surface area contributed by atoms with Crippen LogP contribution >= 0.6 is 0 Å². The van der Waals surface area contributed by atoms with Crippen LogP contribution in [0.4, 0.5) is 0 Å². The Morgan fingerprint density at radius 2 is 1.97 bits per heavy atom. The maximum atomic E-state index is 12.3. The molecule has 3 rings (SSSR count). The van der Waals surface area contributed by atoms with Gasteiger partial charge in [-0.3, -0.25) is 9.69 Å². The van der Waals surface area contributed by atoms with Crippen molar-refractivity contribution in [1.29, 1.82) is 0 Å². The molecular weight excluding hydrogens is 370 g/mol. The summed E-state index contributed by atoms with van der Waals surface area (Å²) < 4.78 is 12.1. The molecule has 3 fully saturated rings. The van der Waals surface area contributed by atoms with Gasteiger partial charge in [-0.15, -0.1) is 0 Å². The molecule has 168 valence electrons. The average Bonchev–Trinajstić information content (AvgIpc) is 3.17. The number of hydrogen-bond acceptors (Lipinski definition) is 6. The largest absolute Gasteiger partial charge is 0.389 e. The van der Waals surface area contributed by atoms with Gasteiger partial charge < -0.3 is 24.8 Å². The Kier molecular flexibility index (Phi) is 9.18. The molecule has 0 aromatic rings. The van der Waals surface area contributed by atoms with Gasteiger partial charge in [-0.1, -0.05) is 12.8 Å². The second kappa shape index (κ2) is 11.6. The fraction of sp³-hybridized carbons (Fsp3) is 0.955. The van der Waals surface area contributed by atoms with Crippen molar-refractivity contribution < 1.29 is 19.4 Å². The Morgan fingerprint density at radius 3 is 2.72 bits per heavy atom. The summed E-state index contributed by atoms with van der Waals surface area (Å²) in [5.41, 5.74) is 0. The van der Waals surface area contributed by atoms with Crippen LogP contribution in [-0.2, 0) is 14.3 Å². The molecule has 3 aliphatic rings. The van der Waals surface area contributed by atoms with E-state index in [1.54, 1.807) is 0 Å². The van der Waals surface area contributed by atoms with E-state index in [9.17, 15) is 9.90 Å². The van der Waals surface area contributed by atoms with Crippen LogP contribution < -0.4 is 5.32 Å². The highest BCUT2D eigenvalue weighted by atomic mass is 16.5. The summed E-state index contributed by atoms with van der Waals surface area (Å²) in [6, 6.07) is 0.282. The maximum Gasteiger partial charge on any atom is 0.222 e. The van der Waals surface area contributed by atoms with Gasteiger partial charge in [-0.25, -0.2) is 0 Å². The van der Waals surface area contributed by atoms with E-state index in [1.807, 2.05) is 14.1 Å². The smallest absolute Gasteiger partial charge is 0.222 e. The quantitative estimate of drug-likeness (QED) is 0.586. The molecule has 2 saturated heterocycles. The van der Waals surface area contributed by atoms with Crippen molar-refractivity contribution in [2.75, 3.05) is 53.5 Å². The number of aliphatic hydroxyl groups excluding tert-OH is 1. The van der Waals surface area contributed by atoms with Crippen molar-refractivity contribution in [3.8, 4) is 0 Å². The van der Waals surface area contributed by atoms with Gasteiger partial charge in [0.25, 0.3) is 0 Å². The van der Waals surface area contributed by atoms with E-state index in [4.69, 9.17) is 9.47 Å². The van der Waals surface area contributed by atoms with Crippen LogP contribution in [0.3, 0.4) is 0 Å². The molecule has 1 aliphatic carbocycles. The molecule has 29 heavy (non-hydrogen) atoms. The lowest BCUT2D eigenvalue weighted by Gasteiger charge is -2.45. The van der Waals surface area contributed by atoms with Crippen LogP contribution in [0.15, 0.2) is 0 Å². The van der Waals surface area contributed by atoms with Gasteiger partial charge in [0.15, 0.2) is 0 Å². The van der Waals surface area contributed by atoms with Gasteiger partial charge >= 0.3 is 0 Å². The summed E-state index contributed by atoms with van der Waals surface area (Å²) in [6.45, 7) is 4.28. The van der Waals surface area contributed by atoms with Crippen LogP contribution in [0.1, 0.15) is 51.4 Å². The van der Waals surface area contributed by atoms with E-state index in [0.717, 1.165) is 38.3 Å². The molecule has 0 spiro atoms. The standard InChI is InChI=1S/C22H41N3O4/c1-24(2)11-5-10-23-22(27)12-19-8-9-20-21(29-19)16-28-15-18(26)14-25(20)13-17-6-3-4-7-17/h17-21,26H,3-16H2,1-2H3,(H,23,27)/t18-,19-,20-,21+/m1/s1. The highest BCUT2D eigenvalue weighted by Gasteiger charge is 2.38. The van der Waals surface area contributed by atoms with Gasteiger partial charge in [0.05, 0.1) is 37.9 Å². The van der Waals surface area contributed by atoms with Crippen LogP contribution in [0.5, 0.6) is 0 Å². The number of carbonyl (C=O) groups excluding carboxylic acids is 1. The van der Waals surface area contributed by atoms with Crippen LogP contribution in [0.25, 0.3) is 0 Å². The monoisotopic (exact) mass is 411 g/mol. The molecule has 0 bridgehead atoms. The zero-order chi connectivity index (χ0) is 20.6. The number of β-amino-alcohol motifs (C(OH)–C–C–N with tert-alkyl or cyclic N) is 1. The van der Waals surface area contributed by atoms with Crippen molar-refractivity contribution >= 4 is 5.91 Å². The zero-order valence-corrected chi connectivity index (χ0v) is 18.4. The Labute approximate surface area is 176 Å². The van der Waals surface area contributed by atoms with E-state index >= 15 is 0 Å². The second-order valence-corrected chi connectivity index (χ2v) is 9.45. The van der Waals surface area contributed by atoms with E-state index in [0.29, 0.717) is 32.7 Å². The number of amides is 1. The van der Waals surface area contributed by atoms with Gasteiger partial charge in [-0.05, 0) is 58.7 Å². The molecule has 1 saturated carbocycles. The lowest BCUT2D eigenvalue weighted by molar-refractivity contribution is -0.158. The number of nitrogens with zero attached hydrogens (tertiary/aromatic N) is 2. The highest BCUT2D eigenvalue weighted by Crippen LogP contribution is 2.31. The van der Waals surface area contributed by atoms with Gasteiger partial charge in [0.2, 0.25) is 5.91 Å². The molecule has 7 nitrogen and oxygen atoms in total. The van der Waals surface area contributed by atoms with Crippen molar-refractivity contribution in [3.63, 3.8) is 0 Å². The Hall–Kier alpha value is -0.730. The van der Waals surface area contributed by atoms with Crippen molar-refractivity contribution in [3.05, 3.63) is 0 Å². The zero-order valence-electron chi connectivity index (χ0n) is 18.4. The van der Waals surface area contributed by atoms with E-state index in [1.165, 1.54) is 25.7 Å². The molecule has 0 unspecified atom stereocenters. The molecular formula is C22H41N3O4. The summed E-state index contributed by atoms with van der Waals surface area (Å²) in [4.78, 5) is 16.9. The van der Waals surface area contributed by atoms with Gasteiger partial charge in [0.1, 0.15) is 0 Å². The molecule has 7 heteroatoms. The third-order valence-electron chi connectivity index (χ3n) is 6.57. The fourth-order valence-corrected chi connectivity index (χ4v) is 5.08. The summed E-state index contributed by atoms with van der Waals surface area (Å²) in [5, 5.41) is 13.3. The maximum absolute atomic E-state index is 12.3. The van der Waals surface area contributed by atoms with Crippen molar-refractivity contribution in [2.45, 2.75) is 75.7 Å². The normalized spacial score (nSPS) is 32.0. The van der Waals surface area contributed by atoms with Crippen molar-refractivity contribution in [1.82, 2.24) is 15.1 Å². The van der Waals surface area contributed by atoms with E-state index in [-0.39, 0.29) is 24.2 Å². The number of aliphatic hydroxyl groups is 1. The predicted molar refractivity (Wildman–Crippen MR) is 113 cm³/mol. The van der Waals surface area contributed by atoms with Crippen LogP contribution in [0.2, 0.25) is 0 Å². The minimum Gasteiger partial charge on any atom is -0.389 e. The molecule has 1 amide bonds. The number of carbonyl (C=O) groups is 1. The minimum atomic E-state index is -0.428. The first-order valence-corrected chi connectivity index (χ1v) is 11.6. The van der Waals surface area contributed by atoms with E-state index < -0.39 is 6.10 Å². The Balaban J connectivity index is 1.49. The third kappa shape index (κ3) is 7.47. The fourth-order valence-electron chi connectivity index (χ4n) is 5.08. The number of ether oxygens (including phenoxy) is 2. The van der Waals surface area contributed by atoms with Crippen LogP contribution in [-0.4, -0.2) is 98.7 Å². The molecule has 2 heterocycles. The summed E-state index contributed by atoms with van der Waals surface area (Å²) in [5.74, 6) is 0.825. The topological polar surface area (TPSA) is 74.3 Å². The molecule has 4 atom stereocenters. The highest BCUT2D eigenvalue weighted by molar-refractivity contribution is 5.76. The molecule has 0 aromatic carbocycles. The average molecular weight is 412 g/mol. The predicted octanol–water partition coefficient (Wildman–Crippen LogP) is 1.24. The number of hydrogen-bond donors (Lipinski definition) is 2. The number of fused-ring (bicyclic) bond motifs is 1. The lowest BCUT2D eigenvalue weighted by atomic mass is 9.93. The number of rotatable bonds is 8. The molecule has 2 aliphatic heterocycles. The molecule has 0 aromatic heterocycles. The van der Waals surface area contributed by atoms with E-state index in [2.05, 4.69) is 15.1 Å². The lowest BCUT2D eigenvalue weighted by Crippen LogP contribution is -2.56. The third-order valence-corrected chi connectivity index (χ3v) is 6.57. The first-order valence-electron chi connectivity index (χ1n) is 11.6. The first-order chi connectivity index (χ1) is 14.0. The molecule has 0 radical (unpaired) electrons. The summed E-state index contributed by atoms with van der Waals surface area (Å²) in [6.07, 6.45) is 8.09. The molecule has 2 N–H and O–H groups in total. The summed E-state index contributed by atoms with van der Waals surface area (Å²) >= 11 is 0. The minimum absolute atomic E-state index is 0.0100. The Morgan fingerprint density at radius 1 is 1.17 bits per heavy atom. The SMILES string of the molecule is CN(C)CCCNC(=O)C[C@H]1CC[C@@H]2[C@H](COC[C@H](O)CN2CC2CCCC2)O1. The van der Waals surface area contributed by atoms with Gasteiger partial charge in [-0.2, -0.15) is 0 Å².